The van der Waals surface area contributed by atoms with Crippen molar-refractivity contribution in [3.63, 3.8) is 0 Å². The van der Waals surface area contributed by atoms with Gasteiger partial charge in [0.25, 0.3) is 0 Å². The number of pyridine rings is 1. The molecule has 0 atom stereocenters. The maximum Gasteiger partial charge on any atom is 0.230 e. The number of nitriles is 1. The topological polar surface area (TPSA) is 65.8 Å². The lowest BCUT2D eigenvalue weighted by Crippen LogP contribution is -2.31. The minimum atomic E-state index is -0.338. The first-order valence-electron chi connectivity index (χ1n) is 8.65. The highest BCUT2D eigenvalue weighted by Crippen LogP contribution is 2.35. The molecule has 7 heteroatoms. The largest absolute Gasteiger partial charge is 0.353 e. The molecule has 0 aliphatic carbocycles. The van der Waals surface area contributed by atoms with Gasteiger partial charge in [-0.25, -0.2) is 9.37 Å². The summed E-state index contributed by atoms with van der Waals surface area (Å²) in [4.78, 5) is 17.6. The van der Waals surface area contributed by atoms with E-state index in [0.29, 0.717) is 16.2 Å². The van der Waals surface area contributed by atoms with Crippen molar-refractivity contribution in [1.29, 1.82) is 5.26 Å². The molecule has 0 radical (unpaired) electrons. The Morgan fingerprint density at radius 3 is 2.68 bits per heavy atom. The Morgan fingerprint density at radius 2 is 2.07 bits per heavy atom. The SMILES string of the molecule is CC(C)NC(=O)CSc1nc(-c2cccs2)cc(-c2ccc(F)cc2)c1C#N. The number of thiophene rings is 1. The predicted molar refractivity (Wildman–Crippen MR) is 112 cm³/mol. The summed E-state index contributed by atoms with van der Waals surface area (Å²) >= 11 is 2.77. The van der Waals surface area contributed by atoms with Crippen LogP contribution in [-0.2, 0) is 4.79 Å². The maximum absolute atomic E-state index is 13.4. The molecule has 3 rings (SSSR count). The number of halogens is 1. The first-order chi connectivity index (χ1) is 13.5. The Morgan fingerprint density at radius 1 is 1.32 bits per heavy atom. The number of carbonyl (C=O) groups excluding carboxylic acids is 1. The Labute approximate surface area is 171 Å². The Kier molecular flexibility index (Phi) is 6.45. The summed E-state index contributed by atoms with van der Waals surface area (Å²) in [6, 6.07) is 14.0. The molecule has 28 heavy (non-hydrogen) atoms. The van der Waals surface area contributed by atoms with Gasteiger partial charge in [0.05, 0.1) is 21.9 Å². The van der Waals surface area contributed by atoms with Crippen molar-refractivity contribution in [2.45, 2.75) is 24.9 Å². The summed E-state index contributed by atoms with van der Waals surface area (Å²) < 4.78 is 13.4. The lowest BCUT2D eigenvalue weighted by Gasteiger charge is -2.12. The molecular formula is C21H18FN3OS2. The normalized spacial score (nSPS) is 10.7. The van der Waals surface area contributed by atoms with E-state index in [1.54, 1.807) is 23.5 Å². The van der Waals surface area contributed by atoms with Gasteiger partial charge in [0.15, 0.2) is 0 Å². The molecule has 142 valence electrons. The number of hydrogen-bond acceptors (Lipinski definition) is 5. The monoisotopic (exact) mass is 411 g/mol. The highest BCUT2D eigenvalue weighted by atomic mass is 32.2. The van der Waals surface area contributed by atoms with E-state index in [0.717, 1.165) is 16.1 Å². The van der Waals surface area contributed by atoms with Crippen molar-refractivity contribution in [3.05, 3.63) is 59.2 Å². The van der Waals surface area contributed by atoms with Gasteiger partial charge in [-0.05, 0) is 49.1 Å². The van der Waals surface area contributed by atoms with Crippen LogP contribution >= 0.6 is 23.1 Å². The third-order valence-corrected chi connectivity index (χ3v) is 5.68. The van der Waals surface area contributed by atoms with Crippen molar-refractivity contribution in [1.82, 2.24) is 10.3 Å². The quantitative estimate of drug-likeness (QED) is 0.573. The van der Waals surface area contributed by atoms with Gasteiger partial charge in [-0.15, -0.1) is 11.3 Å². The van der Waals surface area contributed by atoms with Crippen molar-refractivity contribution < 1.29 is 9.18 Å². The average Bonchev–Trinajstić information content (AvgIpc) is 3.20. The molecule has 1 amide bonds. The highest BCUT2D eigenvalue weighted by Gasteiger charge is 2.17. The zero-order valence-electron chi connectivity index (χ0n) is 15.4. The lowest BCUT2D eigenvalue weighted by atomic mass is 10.0. The van der Waals surface area contributed by atoms with Crippen LogP contribution in [0.2, 0.25) is 0 Å². The molecule has 0 fully saturated rings. The Hall–Kier alpha value is -2.69. The number of nitrogens with one attached hydrogen (secondary N) is 1. The van der Waals surface area contributed by atoms with Crippen LogP contribution in [0.25, 0.3) is 21.7 Å². The van der Waals surface area contributed by atoms with E-state index in [1.165, 1.54) is 23.9 Å². The van der Waals surface area contributed by atoms with Crippen LogP contribution < -0.4 is 5.32 Å². The van der Waals surface area contributed by atoms with Gasteiger partial charge >= 0.3 is 0 Å². The Balaban J connectivity index is 2.05. The second kappa shape index (κ2) is 9.00. The van der Waals surface area contributed by atoms with E-state index in [1.807, 2.05) is 37.4 Å². The highest BCUT2D eigenvalue weighted by molar-refractivity contribution is 8.00. The van der Waals surface area contributed by atoms with E-state index >= 15 is 0 Å². The first kappa shape index (κ1) is 20.1. The van der Waals surface area contributed by atoms with Crippen LogP contribution in [0.3, 0.4) is 0 Å². The number of carbonyl (C=O) groups is 1. The summed E-state index contributed by atoms with van der Waals surface area (Å²) in [6.45, 7) is 3.79. The number of benzene rings is 1. The van der Waals surface area contributed by atoms with Crippen molar-refractivity contribution in [2.24, 2.45) is 0 Å². The van der Waals surface area contributed by atoms with Crippen LogP contribution in [0, 0.1) is 17.1 Å². The van der Waals surface area contributed by atoms with Crippen LogP contribution in [0.4, 0.5) is 4.39 Å². The second-order valence-corrected chi connectivity index (χ2v) is 8.25. The number of thioether (sulfide) groups is 1. The van der Waals surface area contributed by atoms with E-state index in [4.69, 9.17) is 0 Å². The number of nitrogens with zero attached hydrogens (tertiary/aromatic N) is 2. The van der Waals surface area contributed by atoms with E-state index < -0.39 is 0 Å². The van der Waals surface area contributed by atoms with Gasteiger partial charge in [-0.2, -0.15) is 5.26 Å². The van der Waals surface area contributed by atoms with Crippen molar-refractivity contribution >= 4 is 29.0 Å². The molecule has 1 N–H and O–H groups in total. The van der Waals surface area contributed by atoms with Gasteiger partial charge in [0.2, 0.25) is 5.91 Å². The van der Waals surface area contributed by atoms with Gasteiger partial charge in [0.1, 0.15) is 16.9 Å². The zero-order valence-corrected chi connectivity index (χ0v) is 17.0. The fourth-order valence-electron chi connectivity index (χ4n) is 2.64. The molecule has 0 spiro atoms. The van der Waals surface area contributed by atoms with E-state index in [9.17, 15) is 14.4 Å². The van der Waals surface area contributed by atoms with E-state index in [2.05, 4.69) is 16.4 Å². The minimum absolute atomic E-state index is 0.0451. The van der Waals surface area contributed by atoms with Gasteiger partial charge in [0, 0.05) is 11.6 Å². The molecular weight excluding hydrogens is 393 g/mol. The molecule has 0 saturated heterocycles. The number of amides is 1. The summed E-state index contributed by atoms with van der Waals surface area (Å²) in [5.74, 6) is -0.290. The fourth-order valence-corrected chi connectivity index (χ4v) is 4.14. The zero-order chi connectivity index (χ0) is 20.1. The van der Waals surface area contributed by atoms with Crippen molar-refractivity contribution in [3.8, 4) is 27.8 Å². The molecule has 3 aromatic rings. The molecule has 4 nitrogen and oxygen atoms in total. The smallest absolute Gasteiger partial charge is 0.230 e. The minimum Gasteiger partial charge on any atom is -0.353 e. The fraction of sp³-hybridized carbons (Fsp3) is 0.190. The molecule has 2 heterocycles. The predicted octanol–water partition coefficient (Wildman–Crippen LogP) is 5.10. The van der Waals surface area contributed by atoms with E-state index in [-0.39, 0.29) is 23.5 Å². The third-order valence-electron chi connectivity index (χ3n) is 3.82. The molecule has 2 aromatic heterocycles. The number of hydrogen-bond donors (Lipinski definition) is 1. The number of aromatic nitrogens is 1. The van der Waals surface area contributed by atoms with Crippen LogP contribution in [0.5, 0.6) is 0 Å². The molecule has 0 aliphatic heterocycles. The third kappa shape index (κ3) is 4.77. The Bertz CT molecular complexity index is 1010. The average molecular weight is 412 g/mol. The lowest BCUT2D eigenvalue weighted by molar-refractivity contribution is -0.119. The molecule has 1 aromatic carbocycles. The molecule has 0 bridgehead atoms. The van der Waals surface area contributed by atoms with Gasteiger partial charge < -0.3 is 5.32 Å². The summed E-state index contributed by atoms with van der Waals surface area (Å²) in [7, 11) is 0. The van der Waals surface area contributed by atoms with Crippen LogP contribution in [-0.4, -0.2) is 22.7 Å². The van der Waals surface area contributed by atoms with Gasteiger partial charge in [-0.3, -0.25) is 4.79 Å². The van der Waals surface area contributed by atoms with Gasteiger partial charge in [-0.1, -0.05) is 30.0 Å². The molecule has 0 aliphatic rings. The maximum atomic E-state index is 13.4. The van der Waals surface area contributed by atoms with Crippen molar-refractivity contribution in [2.75, 3.05) is 5.75 Å². The molecule has 0 unspecified atom stereocenters. The standard InChI is InChI=1S/C21H18FN3OS2/c1-13(2)24-20(26)12-28-21-17(11-23)16(14-5-7-15(22)8-6-14)10-18(25-21)19-4-3-9-27-19/h3-10,13H,12H2,1-2H3,(H,24,26). The van der Waals surface area contributed by atoms with Crippen LogP contribution in [0.1, 0.15) is 19.4 Å². The molecule has 0 saturated carbocycles. The summed E-state index contributed by atoms with van der Waals surface area (Å²) in [6.07, 6.45) is 0. The first-order valence-corrected chi connectivity index (χ1v) is 10.5. The summed E-state index contributed by atoms with van der Waals surface area (Å²) in [5, 5.41) is 15.1. The summed E-state index contributed by atoms with van der Waals surface area (Å²) in [5.41, 5.74) is 2.51. The second-order valence-electron chi connectivity index (χ2n) is 6.34. The van der Waals surface area contributed by atoms with Crippen LogP contribution in [0.15, 0.2) is 52.9 Å². The number of rotatable bonds is 6.